The van der Waals surface area contributed by atoms with E-state index in [1.807, 2.05) is 0 Å². The molecule has 0 fully saturated rings. The van der Waals surface area contributed by atoms with Crippen molar-refractivity contribution in [1.29, 1.82) is 0 Å². The molecule has 0 spiro atoms. The second-order valence-electron chi connectivity index (χ2n) is 3.82. The molecule has 1 heteroatoms. The molecule has 0 radical (unpaired) electrons. The molecule has 0 aromatic heterocycles. The first kappa shape index (κ1) is 11.5. The summed E-state index contributed by atoms with van der Waals surface area (Å²) in [6.45, 7) is 6.11. The summed E-state index contributed by atoms with van der Waals surface area (Å²) in [7, 11) is 0. The number of aliphatic hydroxyl groups is 1. The molecule has 0 aliphatic carbocycles. The van der Waals surface area contributed by atoms with Crippen molar-refractivity contribution in [2.24, 2.45) is 5.92 Å². The van der Waals surface area contributed by atoms with Crippen LogP contribution in [0.15, 0.2) is 0 Å². The first-order valence-electron chi connectivity index (χ1n) is 4.72. The first-order valence-corrected chi connectivity index (χ1v) is 4.72. The van der Waals surface area contributed by atoms with Crippen molar-refractivity contribution < 1.29 is 5.11 Å². The lowest BCUT2D eigenvalue weighted by Crippen LogP contribution is -2.20. The van der Waals surface area contributed by atoms with Crippen LogP contribution in [0.5, 0.6) is 0 Å². The van der Waals surface area contributed by atoms with Crippen molar-refractivity contribution in [2.75, 3.05) is 0 Å². The quantitative estimate of drug-likeness (QED) is 0.626. The van der Waals surface area contributed by atoms with Gasteiger partial charge in [-0.25, -0.2) is 0 Å². The predicted molar refractivity (Wildman–Crippen MR) is 52.8 cm³/mol. The Morgan fingerprint density at radius 1 is 1.58 bits per heavy atom. The minimum atomic E-state index is -0.895. The van der Waals surface area contributed by atoms with Crippen LogP contribution < -0.4 is 0 Å². The van der Waals surface area contributed by atoms with Gasteiger partial charge in [0.25, 0.3) is 0 Å². The molecule has 0 aromatic rings. The molecule has 0 aliphatic rings. The predicted octanol–water partition coefficient (Wildman–Crippen LogP) is 2.59. The molecular formula is C11H20O. The van der Waals surface area contributed by atoms with E-state index in [2.05, 4.69) is 19.8 Å². The van der Waals surface area contributed by atoms with Gasteiger partial charge >= 0.3 is 0 Å². The van der Waals surface area contributed by atoms with Crippen molar-refractivity contribution >= 4 is 0 Å². The molecular weight excluding hydrogens is 148 g/mol. The van der Waals surface area contributed by atoms with Gasteiger partial charge in [0.15, 0.2) is 0 Å². The van der Waals surface area contributed by atoms with Crippen molar-refractivity contribution in [2.45, 2.75) is 52.1 Å². The summed E-state index contributed by atoms with van der Waals surface area (Å²) < 4.78 is 0. The van der Waals surface area contributed by atoms with E-state index in [4.69, 9.17) is 6.42 Å². The Bertz CT molecular complexity index is 153. The molecule has 12 heavy (non-hydrogen) atoms. The van der Waals surface area contributed by atoms with Gasteiger partial charge in [0.2, 0.25) is 0 Å². The standard InChI is InChI=1S/C11H20O/c1-5-10(3)8-7-9-11(4,12)6-2/h2,10,12H,5,7-9H2,1,3-4H3/t10-,11+/m1/s1. The van der Waals surface area contributed by atoms with E-state index in [0.717, 1.165) is 18.8 Å². The first-order chi connectivity index (χ1) is 5.52. The third-order valence-electron chi connectivity index (χ3n) is 2.37. The highest BCUT2D eigenvalue weighted by Gasteiger charge is 2.15. The summed E-state index contributed by atoms with van der Waals surface area (Å²) in [5.41, 5.74) is -0.895. The number of terminal acetylenes is 1. The van der Waals surface area contributed by atoms with Crippen LogP contribution in [0.25, 0.3) is 0 Å². The molecule has 0 saturated heterocycles. The number of rotatable bonds is 5. The average molecular weight is 168 g/mol. The molecule has 0 unspecified atom stereocenters. The minimum absolute atomic E-state index is 0.716. The lowest BCUT2D eigenvalue weighted by Gasteiger charge is -2.16. The van der Waals surface area contributed by atoms with Crippen LogP contribution in [0.4, 0.5) is 0 Å². The molecule has 70 valence electrons. The summed E-state index contributed by atoms with van der Waals surface area (Å²) in [5, 5.41) is 9.47. The molecule has 2 atom stereocenters. The minimum Gasteiger partial charge on any atom is -0.378 e. The summed E-state index contributed by atoms with van der Waals surface area (Å²) in [4.78, 5) is 0. The number of hydrogen-bond donors (Lipinski definition) is 1. The van der Waals surface area contributed by atoms with Crippen molar-refractivity contribution in [3.63, 3.8) is 0 Å². The molecule has 1 nitrogen and oxygen atoms in total. The van der Waals surface area contributed by atoms with Crippen molar-refractivity contribution in [3.8, 4) is 12.3 Å². The van der Waals surface area contributed by atoms with E-state index in [9.17, 15) is 5.11 Å². The molecule has 0 rings (SSSR count). The van der Waals surface area contributed by atoms with Gasteiger partial charge in [-0.05, 0) is 25.7 Å². The summed E-state index contributed by atoms with van der Waals surface area (Å²) in [6, 6.07) is 0. The molecule has 0 heterocycles. The Kier molecular flexibility index (Phi) is 5.01. The van der Waals surface area contributed by atoms with Crippen LogP contribution in [0.3, 0.4) is 0 Å². The van der Waals surface area contributed by atoms with Crippen LogP contribution in [0, 0.1) is 18.3 Å². The van der Waals surface area contributed by atoms with Crippen LogP contribution >= 0.6 is 0 Å². The van der Waals surface area contributed by atoms with Gasteiger partial charge in [-0.2, -0.15) is 0 Å². The van der Waals surface area contributed by atoms with Crippen molar-refractivity contribution in [3.05, 3.63) is 0 Å². The summed E-state index contributed by atoms with van der Waals surface area (Å²) in [5.74, 6) is 3.14. The largest absolute Gasteiger partial charge is 0.378 e. The van der Waals surface area contributed by atoms with E-state index in [-0.39, 0.29) is 0 Å². The topological polar surface area (TPSA) is 20.2 Å². The highest BCUT2D eigenvalue weighted by Crippen LogP contribution is 2.16. The summed E-state index contributed by atoms with van der Waals surface area (Å²) >= 11 is 0. The second kappa shape index (κ2) is 5.22. The SMILES string of the molecule is C#C[C@](C)(O)CCC[C@H](C)CC. The van der Waals surface area contributed by atoms with Gasteiger partial charge in [-0.1, -0.05) is 32.6 Å². The Labute approximate surface area is 76.2 Å². The molecule has 1 N–H and O–H groups in total. The van der Waals surface area contributed by atoms with E-state index in [1.165, 1.54) is 6.42 Å². The highest BCUT2D eigenvalue weighted by atomic mass is 16.3. The van der Waals surface area contributed by atoms with Crippen LogP contribution in [0.2, 0.25) is 0 Å². The molecule has 0 saturated carbocycles. The van der Waals surface area contributed by atoms with E-state index in [0.29, 0.717) is 6.42 Å². The Morgan fingerprint density at radius 3 is 2.58 bits per heavy atom. The highest BCUT2D eigenvalue weighted by molar-refractivity contribution is 5.03. The van der Waals surface area contributed by atoms with Gasteiger partial charge in [0, 0.05) is 0 Å². The Balaban J connectivity index is 3.51. The van der Waals surface area contributed by atoms with Gasteiger partial charge in [0.1, 0.15) is 5.60 Å². The maximum atomic E-state index is 9.47. The van der Waals surface area contributed by atoms with Crippen LogP contribution in [-0.4, -0.2) is 10.7 Å². The third kappa shape index (κ3) is 5.21. The zero-order chi connectivity index (χ0) is 9.61. The Morgan fingerprint density at radius 2 is 2.17 bits per heavy atom. The molecule has 0 bridgehead atoms. The van der Waals surface area contributed by atoms with Gasteiger partial charge in [-0.3, -0.25) is 0 Å². The van der Waals surface area contributed by atoms with Gasteiger partial charge in [0.05, 0.1) is 0 Å². The summed E-state index contributed by atoms with van der Waals surface area (Å²) in [6.07, 6.45) is 9.26. The average Bonchev–Trinajstić information content (AvgIpc) is 2.04. The van der Waals surface area contributed by atoms with Crippen LogP contribution in [-0.2, 0) is 0 Å². The third-order valence-corrected chi connectivity index (χ3v) is 2.37. The molecule has 0 aliphatic heterocycles. The smallest absolute Gasteiger partial charge is 0.122 e. The maximum Gasteiger partial charge on any atom is 0.122 e. The number of hydrogen-bond acceptors (Lipinski definition) is 1. The normalized spacial score (nSPS) is 17.9. The van der Waals surface area contributed by atoms with E-state index < -0.39 is 5.60 Å². The second-order valence-corrected chi connectivity index (χ2v) is 3.82. The zero-order valence-electron chi connectivity index (χ0n) is 8.43. The maximum absolute atomic E-state index is 9.47. The fraction of sp³-hybridized carbons (Fsp3) is 0.818. The lowest BCUT2D eigenvalue weighted by atomic mass is 9.95. The van der Waals surface area contributed by atoms with E-state index in [1.54, 1.807) is 6.92 Å². The van der Waals surface area contributed by atoms with Gasteiger partial charge < -0.3 is 5.11 Å². The molecule has 0 aromatic carbocycles. The monoisotopic (exact) mass is 168 g/mol. The molecule has 0 amide bonds. The van der Waals surface area contributed by atoms with Crippen molar-refractivity contribution in [1.82, 2.24) is 0 Å². The van der Waals surface area contributed by atoms with E-state index >= 15 is 0 Å². The Hall–Kier alpha value is -0.480. The fourth-order valence-electron chi connectivity index (χ4n) is 1.07. The van der Waals surface area contributed by atoms with Crippen LogP contribution in [0.1, 0.15) is 46.5 Å². The fourth-order valence-corrected chi connectivity index (χ4v) is 1.07. The lowest BCUT2D eigenvalue weighted by molar-refractivity contribution is 0.107. The van der Waals surface area contributed by atoms with Gasteiger partial charge in [-0.15, -0.1) is 6.42 Å². The zero-order valence-corrected chi connectivity index (χ0v) is 8.43.